The summed E-state index contributed by atoms with van der Waals surface area (Å²) in [5.74, 6) is -0.290. The van der Waals surface area contributed by atoms with Crippen molar-refractivity contribution in [1.82, 2.24) is 5.32 Å². The van der Waals surface area contributed by atoms with Crippen LogP contribution in [0.15, 0.2) is 29.2 Å². The van der Waals surface area contributed by atoms with E-state index in [4.69, 9.17) is 11.5 Å². The SMILES string of the molecule is NC(=O)NC(=O)CSc1cccc(N)c1. The van der Waals surface area contributed by atoms with Gasteiger partial charge in [-0.25, -0.2) is 4.79 Å². The zero-order chi connectivity index (χ0) is 11.3. The summed E-state index contributed by atoms with van der Waals surface area (Å²) in [6.07, 6.45) is 0. The maximum absolute atomic E-state index is 11.0. The first-order valence-electron chi connectivity index (χ1n) is 4.15. The summed E-state index contributed by atoms with van der Waals surface area (Å²) in [6.45, 7) is 0. The third kappa shape index (κ3) is 4.37. The van der Waals surface area contributed by atoms with Crippen molar-refractivity contribution in [3.05, 3.63) is 24.3 Å². The third-order valence-electron chi connectivity index (χ3n) is 1.49. The third-order valence-corrected chi connectivity index (χ3v) is 2.48. The van der Waals surface area contributed by atoms with Crippen LogP contribution in [0.3, 0.4) is 0 Å². The topological polar surface area (TPSA) is 98.2 Å². The summed E-state index contributed by atoms with van der Waals surface area (Å²) < 4.78 is 0. The molecule has 0 aliphatic carbocycles. The molecule has 0 aliphatic rings. The second kappa shape index (κ2) is 5.26. The lowest BCUT2D eigenvalue weighted by Gasteiger charge is -2.02. The molecule has 6 heteroatoms. The normalized spacial score (nSPS) is 9.60. The van der Waals surface area contributed by atoms with Gasteiger partial charge in [-0.15, -0.1) is 11.8 Å². The number of nitrogens with one attached hydrogen (secondary N) is 1. The average Bonchev–Trinajstić information content (AvgIpc) is 2.14. The van der Waals surface area contributed by atoms with Crippen molar-refractivity contribution in [2.24, 2.45) is 5.73 Å². The minimum absolute atomic E-state index is 0.131. The van der Waals surface area contributed by atoms with Gasteiger partial charge in [0.25, 0.3) is 0 Å². The van der Waals surface area contributed by atoms with Gasteiger partial charge in [-0.1, -0.05) is 6.07 Å². The van der Waals surface area contributed by atoms with Gasteiger partial charge in [-0.05, 0) is 18.2 Å². The van der Waals surface area contributed by atoms with Crippen molar-refractivity contribution in [2.75, 3.05) is 11.5 Å². The van der Waals surface area contributed by atoms with E-state index in [2.05, 4.69) is 0 Å². The number of imide groups is 1. The molecule has 1 aromatic carbocycles. The number of nitrogens with two attached hydrogens (primary N) is 2. The molecule has 80 valence electrons. The lowest BCUT2D eigenvalue weighted by atomic mass is 10.3. The first-order valence-corrected chi connectivity index (χ1v) is 5.14. The fourth-order valence-corrected chi connectivity index (χ4v) is 1.69. The summed E-state index contributed by atoms with van der Waals surface area (Å²) in [6, 6.07) is 6.30. The highest BCUT2D eigenvalue weighted by atomic mass is 32.2. The first kappa shape index (κ1) is 11.4. The highest BCUT2D eigenvalue weighted by Gasteiger charge is 2.04. The van der Waals surface area contributed by atoms with Gasteiger partial charge in [-0.2, -0.15) is 0 Å². The Morgan fingerprint density at radius 2 is 2.13 bits per heavy atom. The predicted molar refractivity (Wildman–Crippen MR) is 59.3 cm³/mol. The van der Waals surface area contributed by atoms with Crippen LogP contribution in [-0.2, 0) is 4.79 Å². The summed E-state index contributed by atoms with van der Waals surface area (Å²) in [5.41, 5.74) is 11.0. The molecule has 0 saturated carbocycles. The molecular formula is C9H11N3O2S. The molecule has 0 atom stereocenters. The molecule has 1 aromatic rings. The molecule has 1 rings (SSSR count). The van der Waals surface area contributed by atoms with Crippen LogP contribution in [0.4, 0.5) is 10.5 Å². The standard InChI is InChI=1S/C9H11N3O2S/c10-6-2-1-3-7(4-6)15-5-8(13)12-9(11)14/h1-4H,5,10H2,(H3,11,12,13,14). The Labute approximate surface area is 91.2 Å². The number of anilines is 1. The summed E-state index contributed by atoms with van der Waals surface area (Å²) in [7, 11) is 0. The van der Waals surface area contributed by atoms with E-state index in [1.165, 1.54) is 11.8 Å². The van der Waals surface area contributed by atoms with E-state index in [9.17, 15) is 9.59 Å². The van der Waals surface area contributed by atoms with Crippen LogP contribution in [0.5, 0.6) is 0 Å². The Kier molecular flexibility index (Phi) is 3.99. The molecular weight excluding hydrogens is 214 g/mol. The Morgan fingerprint density at radius 1 is 1.40 bits per heavy atom. The van der Waals surface area contributed by atoms with Crippen molar-refractivity contribution >= 4 is 29.4 Å². The zero-order valence-electron chi connectivity index (χ0n) is 7.90. The number of rotatable bonds is 3. The Bertz CT molecular complexity index is 381. The number of amides is 3. The van der Waals surface area contributed by atoms with Crippen LogP contribution in [-0.4, -0.2) is 17.7 Å². The number of hydrogen-bond acceptors (Lipinski definition) is 4. The number of benzene rings is 1. The minimum atomic E-state index is -0.840. The Hall–Kier alpha value is -1.69. The first-order chi connectivity index (χ1) is 7.08. The number of carbonyl (C=O) groups excluding carboxylic acids is 2. The minimum Gasteiger partial charge on any atom is -0.399 e. The van der Waals surface area contributed by atoms with Gasteiger partial charge < -0.3 is 11.5 Å². The second-order valence-corrected chi connectivity index (χ2v) is 3.82. The molecule has 5 N–H and O–H groups in total. The molecule has 0 bridgehead atoms. The lowest BCUT2D eigenvalue weighted by Crippen LogP contribution is -2.36. The highest BCUT2D eigenvalue weighted by molar-refractivity contribution is 8.00. The molecule has 15 heavy (non-hydrogen) atoms. The van der Waals surface area contributed by atoms with Crippen molar-refractivity contribution in [1.29, 1.82) is 0 Å². The number of hydrogen-bond donors (Lipinski definition) is 3. The van der Waals surface area contributed by atoms with Crippen molar-refractivity contribution in [2.45, 2.75) is 4.90 Å². The van der Waals surface area contributed by atoms with E-state index >= 15 is 0 Å². The number of nitrogen functional groups attached to an aromatic ring is 1. The van der Waals surface area contributed by atoms with E-state index in [1.807, 2.05) is 11.4 Å². The van der Waals surface area contributed by atoms with E-state index in [-0.39, 0.29) is 5.75 Å². The van der Waals surface area contributed by atoms with Crippen LogP contribution in [0, 0.1) is 0 Å². The maximum Gasteiger partial charge on any atom is 0.318 e. The van der Waals surface area contributed by atoms with Gasteiger partial charge in [0, 0.05) is 10.6 Å². The van der Waals surface area contributed by atoms with Crippen molar-refractivity contribution in [3.8, 4) is 0 Å². The van der Waals surface area contributed by atoms with Crippen LogP contribution in [0.2, 0.25) is 0 Å². The number of primary amides is 1. The molecule has 0 spiro atoms. The Morgan fingerprint density at radius 3 is 2.73 bits per heavy atom. The molecule has 0 saturated heterocycles. The fourth-order valence-electron chi connectivity index (χ4n) is 0.927. The van der Waals surface area contributed by atoms with E-state index in [0.29, 0.717) is 5.69 Å². The molecule has 0 heterocycles. The lowest BCUT2D eigenvalue weighted by molar-refractivity contribution is -0.117. The van der Waals surface area contributed by atoms with Gasteiger partial charge >= 0.3 is 6.03 Å². The molecule has 3 amide bonds. The second-order valence-electron chi connectivity index (χ2n) is 2.77. The fraction of sp³-hybridized carbons (Fsp3) is 0.111. The molecule has 0 aliphatic heterocycles. The average molecular weight is 225 g/mol. The summed E-state index contributed by atoms with van der Waals surface area (Å²) in [4.78, 5) is 22.3. The monoisotopic (exact) mass is 225 g/mol. The summed E-state index contributed by atoms with van der Waals surface area (Å²) >= 11 is 1.28. The van der Waals surface area contributed by atoms with Gasteiger partial charge in [0.15, 0.2) is 0 Å². The van der Waals surface area contributed by atoms with Crippen LogP contribution >= 0.6 is 11.8 Å². The van der Waals surface area contributed by atoms with Gasteiger partial charge in [0.2, 0.25) is 5.91 Å². The van der Waals surface area contributed by atoms with Crippen LogP contribution in [0.1, 0.15) is 0 Å². The molecule has 5 nitrogen and oxygen atoms in total. The zero-order valence-corrected chi connectivity index (χ0v) is 8.71. The maximum atomic E-state index is 11.0. The highest BCUT2D eigenvalue weighted by Crippen LogP contribution is 2.19. The van der Waals surface area contributed by atoms with Gasteiger partial charge in [-0.3, -0.25) is 10.1 Å². The van der Waals surface area contributed by atoms with E-state index in [1.54, 1.807) is 18.2 Å². The van der Waals surface area contributed by atoms with Gasteiger partial charge in [0.1, 0.15) is 0 Å². The predicted octanol–water partition coefficient (Wildman–Crippen LogP) is 0.556. The quantitative estimate of drug-likeness (QED) is 0.517. The smallest absolute Gasteiger partial charge is 0.318 e. The number of thioether (sulfide) groups is 1. The molecule has 0 fully saturated rings. The molecule has 0 aromatic heterocycles. The molecule has 0 radical (unpaired) electrons. The van der Waals surface area contributed by atoms with E-state index < -0.39 is 11.9 Å². The van der Waals surface area contributed by atoms with Crippen LogP contribution in [0.25, 0.3) is 0 Å². The molecule has 0 unspecified atom stereocenters. The summed E-state index contributed by atoms with van der Waals surface area (Å²) in [5, 5.41) is 1.98. The van der Waals surface area contributed by atoms with Crippen molar-refractivity contribution < 1.29 is 9.59 Å². The van der Waals surface area contributed by atoms with Crippen molar-refractivity contribution in [3.63, 3.8) is 0 Å². The number of carbonyl (C=O) groups is 2. The van der Waals surface area contributed by atoms with Gasteiger partial charge in [0.05, 0.1) is 5.75 Å². The Balaban J connectivity index is 2.43. The van der Waals surface area contributed by atoms with E-state index in [0.717, 1.165) is 4.90 Å². The van der Waals surface area contributed by atoms with Crippen LogP contribution < -0.4 is 16.8 Å². The largest absolute Gasteiger partial charge is 0.399 e. The number of urea groups is 1.